The fourth-order valence-electron chi connectivity index (χ4n) is 5.65. The molecule has 1 N–H and O–H groups in total. The van der Waals surface area contributed by atoms with Crippen molar-refractivity contribution >= 4 is 22.6 Å². The zero-order valence-corrected chi connectivity index (χ0v) is 18.9. The number of rotatable bonds is 4. The summed E-state index contributed by atoms with van der Waals surface area (Å²) in [5.41, 5.74) is 7.38. The van der Waals surface area contributed by atoms with Gasteiger partial charge in [-0.05, 0) is 36.2 Å². The van der Waals surface area contributed by atoms with Crippen LogP contribution < -0.4 is 10.2 Å². The molecule has 7 rings (SSSR count). The molecule has 4 aromatic heterocycles. The van der Waals surface area contributed by atoms with Crippen LogP contribution in [0.25, 0.3) is 22.3 Å². The van der Waals surface area contributed by atoms with E-state index in [1.807, 2.05) is 42.3 Å². The monoisotopic (exact) mass is 452 g/mol. The van der Waals surface area contributed by atoms with Gasteiger partial charge in [-0.25, -0.2) is 4.98 Å². The number of hydrogen-bond donors (Lipinski definition) is 1. The summed E-state index contributed by atoms with van der Waals surface area (Å²) in [5, 5.41) is 4.03. The molecule has 3 aliphatic heterocycles. The van der Waals surface area contributed by atoms with Gasteiger partial charge in [0.1, 0.15) is 5.65 Å². The van der Waals surface area contributed by atoms with Crippen molar-refractivity contribution in [3.8, 4) is 11.3 Å². The Bertz CT molecular complexity index is 1440. The highest BCUT2D eigenvalue weighted by atomic mass is 16.5. The lowest BCUT2D eigenvalue weighted by atomic mass is 9.96. The van der Waals surface area contributed by atoms with Crippen LogP contribution in [0.1, 0.15) is 33.6 Å². The Hall–Kier alpha value is -3.78. The Balaban J connectivity index is 1.22. The van der Waals surface area contributed by atoms with E-state index in [1.54, 1.807) is 6.20 Å². The number of amides is 1. The number of pyridine rings is 3. The van der Waals surface area contributed by atoms with E-state index in [4.69, 9.17) is 14.7 Å². The minimum Gasteiger partial charge on any atom is -0.374 e. The summed E-state index contributed by atoms with van der Waals surface area (Å²) in [7, 11) is 1.98. The summed E-state index contributed by atoms with van der Waals surface area (Å²) >= 11 is 0. The number of nitrogens with one attached hydrogen (secondary N) is 1. The minimum atomic E-state index is -0.0447. The van der Waals surface area contributed by atoms with Crippen molar-refractivity contribution in [3.05, 3.63) is 71.4 Å². The number of aromatic nitrogens is 4. The van der Waals surface area contributed by atoms with E-state index in [0.717, 1.165) is 69.9 Å². The third-order valence-corrected chi connectivity index (χ3v) is 7.35. The molecule has 7 heterocycles. The van der Waals surface area contributed by atoms with Crippen molar-refractivity contribution in [1.29, 1.82) is 0 Å². The fraction of sp³-hybridized carbons (Fsp3) is 0.308. The predicted octanol–water partition coefficient (Wildman–Crippen LogP) is 2.84. The molecule has 0 aliphatic carbocycles. The maximum atomic E-state index is 12.8. The van der Waals surface area contributed by atoms with Gasteiger partial charge in [0.2, 0.25) is 0 Å². The first-order chi connectivity index (χ1) is 16.7. The molecule has 2 atom stereocenters. The number of ether oxygens (including phenoxy) is 1. The van der Waals surface area contributed by atoms with Crippen LogP contribution in [0.5, 0.6) is 0 Å². The van der Waals surface area contributed by atoms with E-state index in [-0.39, 0.29) is 5.91 Å². The van der Waals surface area contributed by atoms with Gasteiger partial charge in [0.05, 0.1) is 41.9 Å². The molecule has 8 nitrogen and oxygen atoms in total. The topological polar surface area (TPSA) is 85.2 Å². The minimum absolute atomic E-state index is 0.0447. The quantitative estimate of drug-likeness (QED) is 0.513. The van der Waals surface area contributed by atoms with Gasteiger partial charge in [-0.15, -0.1) is 0 Å². The number of nitrogens with zero attached hydrogens (tertiary/aromatic N) is 5. The van der Waals surface area contributed by atoms with Crippen molar-refractivity contribution in [2.75, 3.05) is 18.1 Å². The van der Waals surface area contributed by atoms with Crippen LogP contribution in [0.2, 0.25) is 0 Å². The number of hydrogen-bond acceptors (Lipinski definition) is 6. The Morgan fingerprint density at radius 1 is 1.15 bits per heavy atom. The molecule has 3 aliphatic rings. The average Bonchev–Trinajstić information content (AvgIpc) is 3.65. The number of anilines is 1. The third-order valence-electron chi connectivity index (χ3n) is 7.35. The number of fused-ring (bicyclic) bond motifs is 4. The summed E-state index contributed by atoms with van der Waals surface area (Å²) in [5.74, 6) is -0.0447. The second-order valence-corrected chi connectivity index (χ2v) is 9.37. The molecule has 34 heavy (non-hydrogen) atoms. The molecule has 2 saturated heterocycles. The molecule has 1 amide bonds. The zero-order valence-electron chi connectivity index (χ0n) is 18.9. The fourth-order valence-corrected chi connectivity index (χ4v) is 5.65. The first-order valence-corrected chi connectivity index (χ1v) is 11.7. The molecule has 0 radical (unpaired) electrons. The number of morpholine rings is 1. The molecular formula is C26H24N6O2. The van der Waals surface area contributed by atoms with Crippen molar-refractivity contribution < 1.29 is 9.53 Å². The Morgan fingerprint density at radius 2 is 2.09 bits per heavy atom. The molecule has 0 aromatic carbocycles. The zero-order chi connectivity index (χ0) is 22.8. The molecule has 170 valence electrons. The highest BCUT2D eigenvalue weighted by molar-refractivity contribution is 6.03. The van der Waals surface area contributed by atoms with Crippen molar-refractivity contribution in [2.24, 2.45) is 7.05 Å². The van der Waals surface area contributed by atoms with Gasteiger partial charge in [0.25, 0.3) is 5.91 Å². The lowest BCUT2D eigenvalue weighted by Gasteiger charge is -2.28. The van der Waals surface area contributed by atoms with Crippen LogP contribution in [-0.2, 0) is 24.8 Å². The first-order valence-electron chi connectivity index (χ1n) is 11.7. The molecule has 0 spiro atoms. The van der Waals surface area contributed by atoms with Crippen LogP contribution in [0, 0.1) is 0 Å². The van der Waals surface area contributed by atoms with Crippen molar-refractivity contribution in [1.82, 2.24) is 24.8 Å². The van der Waals surface area contributed by atoms with Gasteiger partial charge in [-0.3, -0.25) is 14.8 Å². The number of carbonyl (C=O) groups is 1. The van der Waals surface area contributed by atoms with Gasteiger partial charge in [0.15, 0.2) is 0 Å². The number of aryl methyl sites for hydroxylation is 1. The highest BCUT2D eigenvalue weighted by Gasteiger charge is 2.39. The largest absolute Gasteiger partial charge is 0.374 e. The maximum absolute atomic E-state index is 12.8. The Labute approximate surface area is 196 Å². The number of carbonyl (C=O) groups excluding carboxylic acids is 1. The molecule has 0 unspecified atom stereocenters. The van der Waals surface area contributed by atoms with E-state index in [0.29, 0.717) is 25.1 Å². The second-order valence-electron chi connectivity index (χ2n) is 9.37. The molecule has 0 saturated carbocycles. The summed E-state index contributed by atoms with van der Waals surface area (Å²) in [6.45, 7) is 2.22. The van der Waals surface area contributed by atoms with Crippen LogP contribution in [0.15, 0.2) is 49.1 Å². The van der Waals surface area contributed by atoms with Crippen LogP contribution >= 0.6 is 0 Å². The molecule has 4 aromatic rings. The van der Waals surface area contributed by atoms with E-state index in [2.05, 4.69) is 27.3 Å². The Morgan fingerprint density at radius 3 is 2.88 bits per heavy atom. The standard InChI is InChI=1S/C26H24N6O2/c1-31-7-5-21-20(4-6-27-25(21)31)24-22-12-30-26(33)23(22)15(10-29-24)8-16-2-3-17(11-28-16)32-13-19-9-18(32)14-34-19/h2-7,10-11,18-19H,8-9,12-14H2,1H3,(H,30,33)/t18-,19-/m1/s1. The maximum Gasteiger partial charge on any atom is 0.252 e. The average molecular weight is 453 g/mol. The summed E-state index contributed by atoms with van der Waals surface area (Å²) < 4.78 is 7.71. The first kappa shape index (κ1) is 19.7. The third kappa shape index (κ3) is 2.95. The second kappa shape index (κ2) is 7.36. The van der Waals surface area contributed by atoms with Gasteiger partial charge in [-0.1, -0.05) is 0 Å². The summed E-state index contributed by atoms with van der Waals surface area (Å²) in [4.78, 5) is 29.3. The summed E-state index contributed by atoms with van der Waals surface area (Å²) in [6.07, 6.45) is 9.60. The predicted molar refractivity (Wildman–Crippen MR) is 128 cm³/mol. The summed E-state index contributed by atoms with van der Waals surface area (Å²) in [6, 6.07) is 8.68. The van der Waals surface area contributed by atoms with E-state index in [9.17, 15) is 4.79 Å². The normalized spacial score (nSPS) is 20.9. The van der Waals surface area contributed by atoms with E-state index >= 15 is 0 Å². The Kier molecular flexibility index (Phi) is 4.26. The molecule has 2 fully saturated rings. The van der Waals surface area contributed by atoms with Crippen LogP contribution in [-0.4, -0.2) is 50.7 Å². The lowest BCUT2D eigenvalue weighted by Crippen LogP contribution is -2.36. The lowest BCUT2D eigenvalue weighted by molar-refractivity contribution is 0.0964. The molecule has 2 bridgehead atoms. The SMILES string of the molecule is Cn1ccc2c(-c3ncc(Cc4ccc(N5C[C@H]6C[C@@H]5CO6)cn4)c4c3CNC4=O)ccnc21. The molecular weight excluding hydrogens is 428 g/mol. The smallest absolute Gasteiger partial charge is 0.252 e. The van der Waals surface area contributed by atoms with E-state index in [1.165, 1.54) is 0 Å². The van der Waals surface area contributed by atoms with Gasteiger partial charge in [-0.2, -0.15) is 0 Å². The van der Waals surface area contributed by atoms with E-state index < -0.39 is 0 Å². The van der Waals surface area contributed by atoms with Crippen LogP contribution in [0.3, 0.4) is 0 Å². The molecule has 8 heteroatoms. The van der Waals surface area contributed by atoms with Crippen molar-refractivity contribution in [2.45, 2.75) is 31.5 Å². The van der Waals surface area contributed by atoms with Gasteiger partial charge < -0.3 is 19.5 Å². The van der Waals surface area contributed by atoms with Crippen molar-refractivity contribution in [3.63, 3.8) is 0 Å². The van der Waals surface area contributed by atoms with Crippen LogP contribution in [0.4, 0.5) is 5.69 Å². The highest BCUT2D eigenvalue weighted by Crippen LogP contribution is 2.35. The van der Waals surface area contributed by atoms with Gasteiger partial charge >= 0.3 is 0 Å². The van der Waals surface area contributed by atoms with Gasteiger partial charge in [0, 0.05) is 67.4 Å².